The Balaban J connectivity index is 2.09. The predicted molar refractivity (Wildman–Crippen MR) is 58.3 cm³/mol. The van der Waals surface area contributed by atoms with Gasteiger partial charge in [0.15, 0.2) is 0 Å². The fraction of sp³-hybridized carbons (Fsp3) is 0.818. The Labute approximate surface area is 90.8 Å². The van der Waals surface area contributed by atoms with Gasteiger partial charge in [-0.25, -0.2) is 0 Å². The lowest BCUT2D eigenvalue weighted by Gasteiger charge is -2.30. The predicted octanol–water partition coefficient (Wildman–Crippen LogP) is 0.553. The maximum Gasteiger partial charge on any atom is 0.220 e. The molecule has 0 bridgehead atoms. The lowest BCUT2D eigenvalue weighted by molar-refractivity contribution is -0.123. The van der Waals surface area contributed by atoms with Crippen molar-refractivity contribution in [3.8, 4) is 0 Å². The van der Waals surface area contributed by atoms with Crippen molar-refractivity contribution in [1.29, 1.82) is 0 Å². The van der Waals surface area contributed by atoms with E-state index in [1.807, 2.05) is 0 Å². The Bertz CT molecular complexity index is 211. The van der Waals surface area contributed by atoms with Crippen molar-refractivity contribution in [2.24, 2.45) is 11.7 Å². The minimum Gasteiger partial charge on any atom is -0.369 e. The van der Waals surface area contributed by atoms with Crippen LogP contribution in [0.4, 0.5) is 0 Å². The number of aldehydes is 1. The van der Waals surface area contributed by atoms with Crippen LogP contribution in [0.1, 0.15) is 32.1 Å². The van der Waals surface area contributed by atoms with E-state index in [2.05, 4.69) is 4.90 Å². The van der Waals surface area contributed by atoms with Gasteiger partial charge in [0.2, 0.25) is 5.91 Å². The topological polar surface area (TPSA) is 63.4 Å². The van der Waals surface area contributed by atoms with Gasteiger partial charge < -0.3 is 15.4 Å². The van der Waals surface area contributed by atoms with Crippen LogP contribution in [0.15, 0.2) is 0 Å². The molecule has 86 valence electrons. The zero-order valence-corrected chi connectivity index (χ0v) is 9.15. The lowest BCUT2D eigenvalue weighted by atomic mass is 9.96. The molecule has 1 aliphatic rings. The van der Waals surface area contributed by atoms with Crippen molar-refractivity contribution < 1.29 is 9.59 Å². The highest BCUT2D eigenvalue weighted by molar-refractivity contribution is 5.76. The Morgan fingerprint density at radius 1 is 1.33 bits per heavy atom. The highest BCUT2D eigenvalue weighted by Gasteiger charge is 2.22. The largest absolute Gasteiger partial charge is 0.369 e. The maximum atomic E-state index is 10.9. The Kier molecular flexibility index (Phi) is 5.32. The molecular formula is C11H20N2O2. The van der Waals surface area contributed by atoms with Gasteiger partial charge in [-0.1, -0.05) is 0 Å². The Morgan fingerprint density at radius 3 is 2.53 bits per heavy atom. The molecule has 0 aromatic carbocycles. The zero-order valence-electron chi connectivity index (χ0n) is 9.15. The molecule has 15 heavy (non-hydrogen) atoms. The second kappa shape index (κ2) is 6.56. The van der Waals surface area contributed by atoms with Crippen LogP contribution >= 0.6 is 0 Å². The molecule has 1 saturated heterocycles. The highest BCUT2D eigenvalue weighted by Crippen LogP contribution is 2.16. The molecule has 4 nitrogen and oxygen atoms in total. The van der Waals surface area contributed by atoms with Crippen LogP contribution in [-0.2, 0) is 9.59 Å². The number of hydrogen-bond acceptors (Lipinski definition) is 3. The molecule has 4 heteroatoms. The molecule has 1 rings (SSSR count). The molecule has 0 saturated carbocycles. The maximum absolute atomic E-state index is 10.9. The molecule has 0 radical (unpaired) electrons. The van der Waals surface area contributed by atoms with Gasteiger partial charge in [0.1, 0.15) is 6.29 Å². The number of likely N-dealkylation sites (tertiary alicyclic amines) is 1. The van der Waals surface area contributed by atoms with Crippen molar-refractivity contribution in [1.82, 2.24) is 4.90 Å². The average Bonchev–Trinajstić information content (AvgIpc) is 2.25. The molecule has 0 unspecified atom stereocenters. The standard InChI is InChI=1S/C11H20N2O2/c12-11(15)10-4-7-13(8-5-10)6-2-1-3-9-14/h9-10H,1-8H2,(H2,12,15). The van der Waals surface area contributed by atoms with Gasteiger partial charge >= 0.3 is 0 Å². The SMILES string of the molecule is NC(=O)C1CCN(CCCCC=O)CC1. The van der Waals surface area contributed by atoms with E-state index in [0.717, 1.165) is 51.6 Å². The number of hydrogen-bond donors (Lipinski definition) is 1. The third-order valence-corrected chi connectivity index (χ3v) is 3.04. The first kappa shape index (κ1) is 12.2. The van der Waals surface area contributed by atoms with Crippen molar-refractivity contribution in [2.45, 2.75) is 32.1 Å². The molecule has 2 N–H and O–H groups in total. The molecule has 1 aliphatic heterocycles. The number of nitrogens with two attached hydrogens (primary N) is 1. The Morgan fingerprint density at radius 2 is 2.00 bits per heavy atom. The van der Waals surface area contributed by atoms with Crippen LogP contribution in [-0.4, -0.2) is 36.7 Å². The molecule has 1 fully saturated rings. The second-order valence-electron chi connectivity index (χ2n) is 4.18. The highest BCUT2D eigenvalue weighted by atomic mass is 16.1. The van der Waals surface area contributed by atoms with E-state index in [0.29, 0.717) is 6.42 Å². The summed E-state index contributed by atoms with van der Waals surface area (Å²) in [7, 11) is 0. The number of unbranched alkanes of at least 4 members (excludes halogenated alkanes) is 2. The molecule has 1 amide bonds. The monoisotopic (exact) mass is 212 g/mol. The van der Waals surface area contributed by atoms with E-state index in [-0.39, 0.29) is 11.8 Å². The van der Waals surface area contributed by atoms with E-state index in [4.69, 9.17) is 5.73 Å². The van der Waals surface area contributed by atoms with Crippen LogP contribution in [0.5, 0.6) is 0 Å². The lowest BCUT2D eigenvalue weighted by Crippen LogP contribution is -2.38. The summed E-state index contributed by atoms with van der Waals surface area (Å²) in [4.78, 5) is 23.4. The number of carbonyl (C=O) groups is 2. The number of primary amides is 1. The van der Waals surface area contributed by atoms with Crippen molar-refractivity contribution in [3.63, 3.8) is 0 Å². The van der Waals surface area contributed by atoms with Crippen LogP contribution in [0.25, 0.3) is 0 Å². The number of rotatable bonds is 6. The molecule has 0 aliphatic carbocycles. The zero-order chi connectivity index (χ0) is 11.1. The molecule has 0 spiro atoms. The van der Waals surface area contributed by atoms with Gasteiger partial charge in [-0.2, -0.15) is 0 Å². The van der Waals surface area contributed by atoms with Crippen LogP contribution in [0.2, 0.25) is 0 Å². The van der Waals surface area contributed by atoms with Gasteiger partial charge in [-0.3, -0.25) is 4.79 Å². The molecule has 0 atom stereocenters. The number of carbonyl (C=O) groups excluding carboxylic acids is 2. The molecule has 0 aromatic heterocycles. The fourth-order valence-corrected chi connectivity index (χ4v) is 2.00. The van der Waals surface area contributed by atoms with Crippen molar-refractivity contribution >= 4 is 12.2 Å². The van der Waals surface area contributed by atoms with Gasteiger partial charge in [0.25, 0.3) is 0 Å². The van der Waals surface area contributed by atoms with Crippen molar-refractivity contribution in [2.75, 3.05) is 19.6 Å². The summed E-state index contributed by atoms with van der Waals surface area (Å²) in [5.74, 6) is -0.0770. The normalized spacial score (nSPS) is 18.9. The van der Waals surface area contributed by atoms with Gasteiger partial charge in [-0.05, 0) is 45.3 Å². The second-order valence-corrected chi connectivity index (χ2v) is 4.18. The van der Waals surface area contributed by atoms with E-state index in [1.165, 1.54) is 0 Å². The average molecular weight is 212 g/mol. The quantitative estimate of drug-likeness (QED) is 0.516. The first-order chi connectivity index (χ1) is 7.24. The van der Waals surface area contributed by atoms with E-state index in [9.17, 15) is 9.59 Å². The molecule has 0 aromatic rings. The summed E-state index contributed by atoms with van der Waals surface area (Å²) in [5, 5.41) is 0. The van der Waals surface area contributed by atoms with Gasteiger partial charge in [-0.15, -0.1) is 0 Å². The first-order valence-electron chi connectivity index (χ1n) is 5.69. The summed E-state index contributed by atoms with van der Waals surface area (Å²) in [6, 6.07) is 0. The minimum absolute atomic E-state index is 0.0798. The summed E-state index contributed by atoms with van der Waals surface area (Å²) in [6.07, 6.45) is 5.46. The van der Waals surface area contributed by atoms with Crippen LogP contribution in [0.3, 0.4) is 0 Å². The van der Waals surface area contributed by atoms with Crippen molar-refractivity contribution in [3.05, 3.63) is 0 Å². The summed E-state index contributed by atoms with van der Waals surface area (Å²) in [6.45, 7) is 2.97. The molecule has 1 heterocycles. The smallest absolute Gasteiger partial charge is 0.220 e. The summed E-state index contributed by atoms with van der Waals surface area (Å²) < 4.78 is 0. The summed E-state index contributed by atoms with van der Waals surface area (Å²) >= 11 is 0. The molecular weight excluding hydrogens is 192 g/mol. The third-order valence-electron chi connectivity index (χ3n) is 3.04. The third kappa shape index (κ3) is 4.42. The number of piperidine rings is 1. The van der Waals surface area contributed by atoms with Gasteiger partial charge in [0, 0.05) is 12.3 Å². The van der Waals surface area contributed by atoms with E-state index >= 15 is 0 Å². The first-order valence-corrected chi connectivity index (χ1v) is 5.69. The van der Waals surface area contributed by atoms with E-state index < -0.39 is 0 Å². The number of amides is 1. The van der Waals surface area contributed by atoms with Crippen LogP contribution < -0.4 is 5.73 Å². The fourth-order valence-electron chi connectivity index (χ4n) is 2.00. The van der Waals surface area contributed by atoms with E-state index in [1.54, 1.807) is 0 Å². The number of nitrogens with zero attached hydrogens (tertiary/aromatic N) is 1. The van der Waals surface area contributed by atoms with Crippen LogP contribution in [0, 0.1) is 5.92 Å². The minimum atomic E-state index is -0.157. The van der Waals surface area contributed by atoms with Gasteiger partial charge in [0.05, 0.1) is 0 Å². The summed E-state index contributed by atoms with van der Waals surface area (Å²) in [5.41, 5.74) is 5.26. The Hall–Kier alpha value is -0.900.